The average molecular weight is 443 g/mol. The minimum absolute atomic E-state index is 0.0830. The number of alkyl carbamates (subject to hydrolysis) is 1. The monoisotopic (exact) mass is 442 g/mol. The zero-order valence-corrected chi connectivity index (χ0v) is 19.1. The molecule has 1 N–H and O–H groups in total. The van der Waals surface area contributed by atoms with E-state index in [1.165, 1.54) is 4.90 Å². The Morgan fingerprint density at radius 2 is 1.56 bits per heavy atom. The van der Waals surface area contributed by atoms with E-state index in [4.69, 9.17) is 14.2 Å². The van der Waals surface area contributed by atoms with Gasteiger partial charge >= 0.3 is 18.2 Å². The maximum atomic E-state index is 12.7. The van der Waals surface area contributed by atoms with Crippen molar-refractivity contribution >= 4 is 18.2 Å². The molecule has 1 atom stereocenters. The first-order valence-electron chi connectivity index (χ1n) is 10.2. The second-order valence-electron chi connectivity index (χ2n) is 8.40. The van der Waals surface area contributed by atoms with Crippen molar-refractivity contribution in [2.75, 3.05) is 14.1 Å². The minimum Gasteiger partial charge on any atom is -0.458 e. The van der Waals surface area contributed by atoms with Crippen LogP contribution in [0.25, 0.3) is 0 Å². The molecule has 0 heterocycles. The van der Waals surface area contributed by atoms with E-state index in [0.717, 1.165) is 11.1 Å². The molecule has 32 heavy (non-hydrogen) atoms. The summed E-state index contributed by atoms with van der Waals surface area (Å²) in [6.07, 6.45) is -1.04. The molecule has 2 rings (SSSR count). The van der Waals surface area contributed by atoms with Crippen LogP contribution in [0, 0.1) is 0 Å². The molecule has 0 saturated heterocycles. The number of carbonyl (C=O) groups is 3. The standard InChI is InChI=1S/C24H30N2O6/c1-24(2,3)32-21(27)20(25-22(28)30-16-18-9-7-6-8-10-18)15-17-11-13-19(14-12-17)31-23(29)26(4)5/h6-14,20H,15-16H2,1-5H3,(H,25,28)/t20-/m0/s1. The lowest BCUT2D eigenvalue weighted by Gasteiger charge is -2.24. The van der Waals surface area contributed by atoms with Crippen LogP contribution in [0.1, 0.15) is 31.9 Å². The molecule has 8 heteroatoms. The fourth-order valence-corrected chi connectivity index (χ4v) is 2.59. The largest absolute Gasteiger partial charge is 0.458 e. The zero-order valence-electron chi connectivity index (χ0n) is 19.1. The van der Waals surface area contributed by atoms with Crippen LogP contribution in [0.2, 0.25) is 0 Å². The number of carbonyl (C=O) groups excluding carboxylic acids is 3. The number of nitrogens with zero attached hydrogens (tertiary/aromatic N) is 1. The van der Waals surface area contributed by atoms with E-state index in [9.17, 15) is 14.4 Å². The van der Waals surface area contributed by atoms with E-state index in [1.54, 1.807) is 59.1 Å². The van der Waals surface area contributed by atoms with Gasteiger partial charge in [0.25, 0.3) is 0 Å². The first kappa shape index (κ1) is 24.7. The molecule has 172 valence electrons. The predicted octanol–water partition coefficient (Wildman–Crippen LogP) is 3.93. The van der Waals surface area contributed by atoms with E-state index >= 15 is 0 Å². The molecule has 0 aliphatic heterocycles. The molecule has 0 fully saturated rings. The molecule has 2 aromatic carbocycles. The Balaban J connectivity index is 2.05. The lowest BCUT2D eigenvalue weighted by Crippen LogP contribution is -2.45. The Morgan fingerprint density at radius 3 is 2.12 bits per heavy atom. The summed E-state index contributed by atoms with van der Waals surface area (Å²) in [6, 6.07) is 15.0. The normalized spacial score (nSPS) is 11.8. The van der Waals surface area contributed by atoms with Gasteiger partial charge in [-0.1, -0.05) is 42.5 Å². The lowest BCUT2D eigenvalue weighted by molar-refractivity contribution is -0.157. The van der Waals surface area contributed by atoms with Crippen molar-refractivity contribution in [1.82, 2.24) is 10.2 Å². The second kappa shape index (κ2) is 11.2. The summed E-state index contributed by atoms with van der Waals surface area (Å²) in [5.74, 6) is -0.200. The van der Waals surface area contributed by atoms with Crippen molar-refractivity contribution in [2.24, 2.45) is 0 Å². The van der Waals surface area contributed by atoms with Gasteiger partial charge in [-0.3, -0.25) is 0 Å². The number of benzene rings is 2. The van der Waals surface area contributed by atoms with Gasteiger partial charge in [-0.2, -0.15) is 0 Å². The van der Waals surface area contributed by atoms with Crippen molar-refractivity contribution < 1.29 is 28.6 Å². The number of nitrogens with one attached hydrogen (secondary N) is 1. The fourth-order valence-electron chi connectivity index (χ4n) is 2.59. The number of hydrogen-bond acceptors (Lipinski definition) is 6. The highest BCUT2D eigenvalue weighted by atomic mass is 16.6. The fraction of sp³-hybridized carbons (Fsp3) is 0.375. The van der Waals surface area contributed by atoms with E-state index in [-0.39, 0.29) is 13.0 Å². The van der Waals surface area contributed by atoms with E-state index < -0.39 is 29.8 Å². The molecule has 0 radical (unpaired) electrons. The average Bonchev–Trinajstić information content (AvgIpc) is 2.72. The molecule has 0 spiro atoms. The number of rotatable bonds is 7. The molecule has 0 aromatic heterocycles. The Morgan fingerprint density at radius 1 is 0.938 bits per heavy atom. The molecular weight excluding hydrogens is 412 g/mol. The number of amides is 2. The van der Waals surface area contributed by atoms with Gasteiger partial charge in [0, 0.05) is 20.5 Å². The van der Waals surface area contributed by atoms with Gasteiger partial charge in [0.2, 0.25) is 0 Å². The van der Waals surface area contributed by atoms with Gasteiger partial charge in [-0.05, 0) is 44.0 Å². The quantitative estimate of drug-likeness (QED) is 0.653. The van der Waals surface area contributed by atoms with Gasteiger partial charge in [-0.15, -0.1) is 0 Å². The maximum Gasteiger partial charge on any atom is 0.414 e. The highest BCUT2D eigenvalue weighted by molar-refractivity contribution is 5.82. The first-order valence-corrected chi connectivity index (χ1v) is 10.2. The lowest BCUT2D eigenvalue weighted by atomic mass is 10.1. The summed E-state index contributed by atoms with van der Waals surface area (Å²) in [4.78, 5) is 38.0. The molecule has 0 bridgehead atoms. The third kappa shape index (κ3) is 8.67. The van der Waals surface area contributed by atoms with Crippen molar-refractivity contribution in [3.05, 3.63) is 65.7 Å². The minimum atomic E-state index is -0.951. The summed E-state index contributed by atoms with van der Waals surface area (Å²) in [5, 5.41) is 2.59. The molecule has 0 unspecified atom stereocenters. The number of hydrogen-bond donors (Lipinski definition) is 1. The third-order valence-electron chi connectivity index (χ3n) is 4.13. The van der Waals surface area contributed by atoms with Gasteiger partial charge < -0.3 is 24.4 Å². The summed E-state index contributed by atoms with van der Waals surface area (Å²) in [7, 11) is 3.18. The summed E-state index contributed by atoms with van der Waals surface area (Å²) in [5.41, 5.74) is 0.864. The maximum absolute atomic E-state index is 12.7. The highest BCUT2D eigenvalue weighted by Crippen LogP contribution is 2.16. The molecule has 2 aromatic rings. The molecule has 2 amide bonds. The molecule has 0 aliphatic carbocycles. The van der Waals surface area contributed by atoms with Crippen LogP contribution in [0.3, 0.4) is 0 Å². The van der Waals surface area contributed by atoms with Crippen LogP contribution in [-0.2, 0) is 27.3 Å². The molecule has 0 saturated carbocycles. The van der Waals surface area contributed by atoms with E-state index in [1.807, 2.05) is 30.3 Å². The van der Waals surface area contributed by atoms with Crippen LogP contribution >= 0.6 is 0 Å². The smallest absolute Gasteiger partial charge is 0.414 e. The van der Waals surface area contributed by atoms with Crippen LogP contribution in [0.15, 0.2) is 54.6 Å². The first-order chi connectivity index (χ1) is 15.0. The zero-order chi connectivity index (χ0) is 23.7. The van der Waals surface area contributed by atoms with Crippen LogP contribution in [0.4, 0.5) is 9.59 Å². The second-order valence-corrected chi connectivity index (χ2v) is 8.40. The molecule has 0 aliphatic rings. The number of esters is 1. The van der Waals surface area contributed by atoms with Gasteiger partial charge in [0.05, 0.1) is 0 Å². The van der Waals surface area contributed by atoms with Crippen molar-refractivity contribution in [2.45, 2.75) is 45.4 Å². The summed E-state index contributed by atoms with van der Waals surface area (Å²) < 4.78 is 15.9. The van der Waals surface area contributed by atoms with Gasteiger partial charge in [0.1, 0.15) is 24.0 Å². The molecule has 8 nitrogen and oxygen atoms in total. The Labute approximate surface area is 188 Å². The van der Waals surface area contributed by atoms with Crippen molar-refractivity contribution in [3.8, 4) is 5.75 Å². The van der Waals surface area contributed by atoms with Crippen LogP contribution in [-0.4, -0.2) is 48.8 Å². The van der Waals surface area contributed by atoms with Crippen molar-refractivity contribution in [1.29, 1.82) is 0 Å². The van der Waals surface area contributed by atoms with Crippen molar-refractivity contribution in [3.63, 3.8) is 0 Å². The Bertz CT molecular complexity index is 904. The third-order valence-corrected chi connectivity index (χ3v) is 4.13. The topological polar surface area (TPSA) is 94.2 Å². The Hall–Kier alpha value is -3.55. The summed E-state index contributed by atoms with van der Waals surface area (Å²) in [6.45, 7) is 5.34. The van der Waals surface area contributed by atoms with E-state index in [0.29, 0.717) is 5.75 Å². The van der Waals surface area contributed by atoms with Crippen LogP contribution < -0.4 is 10.1 Å². The van der Waals surface area contributed by atoms with Crippen LogP contribution in [0.5, 0.6) is 5.75 Å². The van der Waals surface area contributed by atoms with Gasteiger partial charge in [0.15, 0.2) is 0 Å². The Kier molecular flexibility index (Phi) is 8.63. The SMILES string of the molecule is CN(C)C(=O)Oc1ccc(C[C@H](NC(=O)OCc2ccccc2)C(=O)OC(C)(C)C)cc1. The van der Waals surface area contributed by atoms with Gasteiger partial charge in [-0.25, -0.2) is 14.4 Å². The summed E-state index contributed by atoms with van der Waals surface area (Å²) >= 11 is 0. The molecular formula is C24H30N2O6. The predicted molar refractivity (Wildman–Crippen MR) is 119 cm³/mol. The highest BCUT2D eigenvalue weighted by Gasteiger charge is 2.27. The van der Waals surface area contributed by atoms with E-state index in [2.05, 4.69) is 5.32 Å². The number of ether oxygens (including phenoxy) is 3.